The molecule has 0 saturated carbocycles. The quantitative estimate of drug-likeness (QED) is 0.669. The monoisotopic (exact) mass is 370 g/mol. The lowest BCUT2D eigenvalue weighted by Crippen LogP contribution is -2.48. The first-order chi connectivity index (χ1) is 13.7. The highest BCUT2D eigenvalue weighted by Crippen LogP contribution is 2.20. The van der Waals surface area contributed by atoms with Gasteiger partial charge in [-0.2, -0.15) is 0 Å². The van der Waals surface area contributed by atoms with Crippen LogP contribution in [0.5, 0.6) is 0 Å². The molecule has 3 nitrogen and oxygen atoms in total. The summed E-state index contributed by atoms with van der Waals surface area (Å²) in [6.45, 7) is 6.48. The molecule has 142 valence electrons. The normalized spacial score (nSPS) is 14.8. The van der Waals surface area contributed by atoms with Crippen molar-refractivity contribution < 1.29 is 4.79 Å². The van der Waals surface area contributed by atoms with E-state index in [0.29, 0.717) is 0 Å². The van der Waals surface area contributed by atoms with Gasteiger partial charge in [0.25, 0.3) is 5.91 Å². The van der Waals surface area contributed by atoms with Gasteiger partial charge in [-0.25, -0.2) is 0 Å². The molecule has 1 aliphatic heterocycles. The van der Waals surface area contributed by atoms with Crippen molar-refractivity contribution in [3.63, 3.8) is 0 Å². The number of rotatable bonds is 4. The maximum Gasteiger partial charge on any atom is 0.253 e. The number of nitrogens with zero attached hydrogens (tertiary/aromatic N) is 2. The zero-order valence-corrected chi connectivity index (χ0v) is 16.3. The molecule has 3 aromatic rings. The van der Waals surface area contributed by atoms with Crippen LogP contribution in [0.15, 0.2) is 78.9 Å². The van der Waals surface area contributed by atoms with Crippen molar-refractivity contribution in [3.8, 4) is 11.1 Å². The fourth-order valence-corrected chi connectivity index (χ4v) is 3.80. The summed E-state index contributed by atoms with van der Waals surface area (Å²) in [5, 5.41) is 0. The number of piperazine rings is 1. The molecule has 1 aliphatic rings. The summed E-state index contributed by atoms with van der Waals surface area (Å²) in [7, 11) is 0. The molecule has 3 aromatic carbocycles. The van der Waals surface area contributed by atoms with E-state index in [1.165, 1.54) is 16.7 Å². The molecule has 0 radical (unpaired) electrons. The smallest absolute Gasteiger partial charge is 0.253 e. The molecule has 4 rings (SSSR count). The van der Waals surface area contributed by atoms with Crippen molar-refractivity contribution in [2.24, 2.45) is 0 Å². The van der Waals surface area contributed by atoms with Gasteiger partial charge in [0, 0.05) is 38.3 Å². The molecule has 1 saturated heterocycles. The number of hydrogen-bond donors (Lipinski definition) is 0. The van der Waals surface area contributed by atoms with E-state index in [9.17, 15) is 4.79 Å². The van der Waals surface area contributed by atoms with Crippen molar-refractivity contribution in [3.05, 3.63) is 95.6 Å². The standard InChI is InChI=1S/C25H26N2O/c1-20-6-5-7-21(18-20)19-26-14-16-27(17-15-26)25(28)24-12-10-23(11-13-24)22-8-3-2-4-9-22/h2-13,18H,14-17,19H2,1H3. The Hall–Kier alpha value is -2.91. The van der Waals surface area contributed by atoms with Gasteiger partial charge in [0.1, 0.15) is 0 Å². The Morgan fingerprint density at radius 2 is 1.46 bits per heavy atom. The zero-order chi connectivity index (χ0) is 19.3. The summed E-state index contributed by atoms with van der Waals surface area (Å²) in [5.74, 6) is 0.134. The van der Waals surface area contributed by atoms with Gasteiger partial charge in [0.15, 0.2) is 0 Å². The van der Waals surface area contributed by atoms with Crippen LogP contribution in [0, 0.1) is 6.92 Å². The van der Waals surface area contributed by atoms with Gasteiger partial charge in [0.05, 0.1) is 0 Å². The molecule has 1 heterocycles. The summed E-state index contributed by atoms with van der Waals surface area (Å²) in [4.78, 5) is 17.3. The Kier molecular flexibility index (Phi) is 5.54. The predicted molar refractivity (Wildman–Crippen MR) is 114 cm³/mol. The lowest BCUT2D eigenvalue weighted by atomic mass is 10.0. The van der Waals surface area contributed by atoms with Crippen LogP contribution in [0.25, 0.3) is 11.1 Å². The fraction of sp³-hybridized carbons (Fsp3) is 0.240. The molecular weight excluding hydrogens is 344 g/mol. The van der Waals surface area contributed by atoms with Gasteiger partial charge >= 0.3 is 0 Å². The van der Waals surface area contributed by atoms with E-state index in [4.69, 9.17) is 0 Å². The lowest BCUT2D eigenvalue weighted by molar-refractivity contribution is 0.0628. The highest BCUT2D eigenvalue weighted by molar-refractivity contribution is 5.94. The van der Waals surface area contributed by atoms with Gasteiger partial charge < -0.3 is 4.90 Å². The Balaban J connectivity index is 1.35. The van der Waals surface area contributed by atoms with Gasteiger partial charge in [-0.15, -0.1) is 0 Å². The van der Waals surface area contributed by atoms with Crippen molar-refractivity contribution in [2.45, 2.75) is 13.5 Å². The Morgan fingerprint density at radius 3 is 2.14 bits per heavy atom. The number of aryl methyl sites for hydroxylation is 1. The highest BCUT2D eigenvalue weighted by atomic mass is 16.2. The van der Waals surface area contributed by atoms with Crippen LogP contribution in [0.4, 0.5) is 0 Å². The zero-order valence-electron chi connectivity index (χ0n) is 16.3. The third kappa shape index (κ3) is 4.32. The molecule has 0 aromatic heterocycles. The Morgan fingerprint density at radius 1 is 0.786 bits per heavy atom. The maximum absolute atomic E-state index is 12.9. The van der Waals surface area contributed by atoms with Crippen molar-refractivity contribution in [2.75, 3.05) is 26.2 Å². The fourth-order valence-electron chi connectivity index (χ4n) is 3.80. The minimum atomic E-state index is 0.134. The molecule has 0 aliphatic carbocycles. The van der Waals surface area contributed by atoms with Gasteiger partial charge in [-0.05, 0) is 35.7 Å². The van der Waals surface area contributed by atoms with Crippen LogP contribution in [-0.4, -0.2) is 41.9 Å². The van der Waals surface area contributed by atoms with Crippen molar-refractivity contribution in [1.82, 2.24) is 9.80 Å². The highest BCUT2D eigenvalue weighted by Gasteiger charge is 2.22. The minimum absolute atomic E-state index is 0.134. The van der Waals surface area contributed by atoms with Crippen LogP contribution >= 0.6 is 0 Å². The first-order valence-corrected chi connectivity index (χ1v) is 9.92. The summed E-state index contributed by atoms with van der Waals surface area (Å²) in [6, 6.07) is 26.9. The number of carbonyl (C=O) groups is 1. The summed E-state index contributed by atoms with van der Waals surface area (Å²) < 4.78 is 0. The molecule has 0 spiro atoms. The molecule has 0 N–H and O–H groups in total. The third-order valence-corrected chi connectivity index (χ3v) is 5.39. The lowest BCUT2D eigenvalue weighted by Gasteiger charge is -2.34. The molecule has 0 bridgehead atoms. The summed E-state index contributed by atoms with van der Waals surface area (Å²) >= 11 is 0. The van der Waals surface area contributed by atoms with E-state index in [1.54, 1.807) is 0 Å². The molecule has 1 amide bonds. The largest absolute Gasteiger partial charge is 0.336 e. The van der Waals surface area contributed by atoms with E-state index in [0.717, 1.165) is 43.9 Å². The number of amides is 1. The maximum atomic E-state index is 12.9. The second kappa shape index (κ2) is 8.41. The minimum Gasteiger partial charge on any atom is -0.336 e. The van der Waals surface area contributed by atoms with Crippen molar-refractivity contribution >= 4 is 5.91 Å². The van der Waals surface area contributed by atoms with Crippen LogP contribution in [-0.2, 0) is 6.54 Å². The molecule has 0 atom stereocenters. The molecule has 1 fully saturated rings. The average Bonchev–Trinajstić information content (AvgIpc) is 2.75. The average molecular weight is 370 g/mol. The number of benzene rings is 3. The third-order valence-electron chi connectivity index (χ3n) is 5.39. The first kappa shape index (κ1) is 18.5. The van der Waals surface area contributed by atoms with Crippen LogP contribution in [0.3, 0.4) is 0 Å². The summed E-state index contributed by atoms with van der Waals surface area (Å²) in [6.07, 6.45) is 0. The van der Waals surface area contributed by atoms with Crippen molar-refractivity contribution in [1.29, 1.82) is 0 Å². The second-order valence-corrected chi connectivity index (χ2v) is 7.50. The van der Waals surface area contributed by atoms with E-state index >= 15 is 0 Å². The molecule has 0 unspecified atom stereocenters. The topological polar surface area (TPSA) is 23.6 Å². The predicted octanol–water partition coefficient (Wildman–Crippen LogP) is 4.62. The second-order valence-electron chi connectivity index (χ2n) is 7.50. The molecular formula is C25H26N2O. The van der Waals surface area contributed by atoms with Gasteiger partial charge in [-0.1, -0.05) is 72.3 Å². The van der Waals surface area contributed by atoms with E-state index in [-0.39, 0.29) is 5.91 Å². The van der Waals surface area contributed by atoms with Crippen LogP contribution in [0.2, 0.25) is 0 Å². The Labute approximate surface area is 167 Å². The van der Waals surface area contributed by atoms with Gasteiger partial charge in [-0.3, -0.25) is 9.69 Å². The first-order valence-electron chi connectivity index (χ1n) is 9.92. The van der Waals surface area contributed by atoms with Gasteiger partial charge in [0.2, 0.25) is 0 Å². The van der Waals surface area contributed by atoms with E-state index in [1.807, 2.05) is 47.4 Å². The van der Waals surface area contributed by atoms with Crippen LogP contribution < -0.4 is 0 Å². The van der Waals surface area contributed by atoms with E-state index in [2.05, 4.69) is 48.2 Å². The van der Waals surface area contributed by atoms with Crippen LogP contribution in [0.1, 0.15) is 21.5 Å². The Bertz CT molecular complexity index is 926. The number of carbonyl (C=O) groups excluding carboxylic acids is 1. The molecule has 28 heavy (non-hydrogen) atoms. The summed E-state index contributed by atoms with van der Waals surface area (Å²) in [5.41, 5.74) is 5.72. The SMILES string of the molecule is Cc1cccc(CN2CCN(C(=O)c3ccc(-c4ccccc4)cc3)CC2)c1. The molecule has 3 heteroatoms. The van der Waals surface area contributed by atoms with E-state index < -0.39 is 0 Å². The number of hydrogen-bond acceptors (Lipinski definition) is 2.